The van der Waals surface area contributed by atoms with Crippen molar-refractivity contribution in [2.24, 2.45) is 5.41 Å². The zero-order valence-corrected chi connectivity index (χ0v) is 9.54. The number of hydrogen-bond donors (Lipinski definition) is 0. The first kappa shape index (κ1) is 12.7. The first-order chi connectivity index (χ1) is 6.64. The molecule has 0 heterocycles. The van der Waals surface area contributed by atoms with E-state index in [0.29, 0.717) is 0 Å². The van der Waals surface area contributed by atoms with Crippen molar-refractivity contribution >= 4 is 0 Å². The maximum Gasteiger partial charge on any atom is 0.0687 e. The van der Waals surface area contributed by atoms with Crippen LogP contribution in [0.3, 0.4) is 0 Å². The molecule has 0 unspecified atom stereocenters. The second-order valence-electron chi connectivity index (χ2n) is 3.66. The normalized spacial score (nSPS) is 9.64. The van der Waals surface area contributed by atoms with Gasteiger partial charge in [0.05, 0.1) is 11.5 Å². The Balaban J connectivity index is 0.000000791. The smallest absolute Gasteiger partial charge is 0.0687 e. The highest BCUT2D eigenvalue weighted by Gasteiger charge is 2.16. The topological polar surface area (TPSA) is 23.8 Å². The van der Waals surface area contributed by atoms with Gasteiger partial charge in [-0.25, -0.2) is 0 Å². The predicted octanol–water partition coefficient (Wildman–Crippen LogP) is 3.81. The van der Waals surface area contributed by atoms with Crippen LogP contribution in [0.15, 0.2) is 30.3 Å². The van der Waals surface area contributed by atoms with Crippen LogP contribution in [0.25, 0.3) is 0 Å². The molecule has 1 heteroatoms. The van der Waals surface area contributed by atoms with E-state index in [1.807, 2.05) is 45.9 Å². The standard InChI is InChI=1S/C11H13N.C2H6/c1-11(2,9-12)8-10-6-4-3-5-7-10;1-2/h3-7H,8H2,1-2H3;1-2H3. The molecule has 0 N–H and O–H groups in total. The molecule has 0 radical (unpaired) electrons. The van der Waals surface area contributed by atoms with E-state index in [1.165, 1.54) is 5.56 Å². The second kappa shape index (κ2) is 6.21. The van der Waals surface area contributed by atoms with Crippen LogP contribution in [0.1, 0.15) is 33.3 Å². The monoisotopic (exact) mass is 189 g/mol. The van der Waals surface area contributed by atoms with Gasteiger partial charge >= 0.3 is 0 Å². The summed E-state index contributed by atoms with van der Waals surface area (Å²) in [6, 6.07) is 12.4. The average Bonchev–Trinajstić information content (AvgIpc) is 2.22. The third kappa shape index (κ3) is 4.67. The summed E-state index contributed by atoms with van der Waals surface area (Å²) in [4.78, 5) is 0. The minimum Gasteiger partial charge on any atom is -0.198 e. The lowest BCUT2D eigenvalue weighted by Gasteiger charge is -2.14. The number of nitriles is 1. The maximum absolute atomic E-state index is 8.81. The molecule has 0 aliphatic heterocycles. The fourth-order valence-electron chi connectivity index (χ4n) is 1.15. The minimum atomic E-state index is -0.249. The zero-order valence-electron chi connectivity index (χ0n) is 9.54. The van der Waals surface area contributed by atoms with Gasteiger partial charge in [0.25, 0.3) is 0 Å². The fraction of sp³-hybridized carbons (Fsp3) is 0.462. The number of benzene rings is 1. The number of nitrogens with zero attached hydrogens (tertiary/aromatic N) is 1. The Bertz CT molecular complexity index is 280. The van der Waals surface area contributed by atoms with Crippen LogP contribution in [0, 0.1) is 16.7 Å². The van der Waals surface area contributed by atoms with E-state index < -0.39 is 0 Å². The van der Waals surface area contributed by atoms with Crippen molar-refractivity contribution in [3.8, 4) is 6.07 Å². The fourth-order valence-corrected chi connectivity index (χ4v) is 1.15. The first-order valence-electron chi connectivity index (χ1n) is 5.09. The molecule has 0 atom stereocenters. The molecule has 1 aromatic carbocycles. The van der Waals surface area contributed by atoms with E-state index in [-0.39, 0.29) is 5.41 Å². The van der Waals surface area contributed by atoms with Crippen LogP contribution in [0.2, 0.25) is 0 Å². The lowest BCUT2D eigenvalue weighted by atomic mass is 9.88. The molecule has 1 aromatic rings. The Hall–Kier alpha value is -1.29. The Morgan fingerprint density at radius 3 is 2.07 bits per heavy atom. The van der Waals surface area contributed by atoms with Gasteiger partial charge < -0.3 is 0 Å². The molecule has 0 fully saturated rings. The Labute approximate surface area is 87.4 Å². The van der Waals surface area contributed by atoms with Crippen LogP contribution in [-0.2, 0) is 6.42 Å². The van der Waals surface area contributed by atoms with Crippen LogP contribution in [-0.4, -0.2) is 0 Å². The molecule has 0 saturated heterocycles. The van der Waals surface area contributed by atoms with Gasteiger partial charge in [0.15, 0.2) is 0 Å². The molecule has 0 spiro atoms. The van der Waals surface area contributed by atoms with Crippen molar-refractivity contribution in [1.29, 1.82) is 5.26 Å². The molecular formula is C13H19N. The molecule has 0 saturated carbocycles. The van der Waals surface area contributed by atoms with E-state index in [1.54, 1.807) is 0 Å². The Morgan fingerprint density at radius 1 is 1.14 bits per heavy atom. The summed E-state index contributed by atoms with van der Waals surface area (Å²) in [5.74, 6) is 0. The first-order valence-corrected chi connectivity index (χ1v) is 5.09. The van der Waals surface area contributed by atoms with Gasteiger partial charge in [-0.15, -0.1) is 0 Å². The molecule has 0 amide bonds. The Morgan fingerprint density at radius 2 is 1.64 bits per heavy atom. The summed E-state index contributed by atoms with van der Waals surface area (Å²) in [5, 5.41) is 8.81. The summed E-state index contributed by atoms with van der Waals surface area (Å²) in [7, 11) is 0. The maximum atomic E-state index is 8.81. The van der Waals surface area contributed by atoms with Crippen molar-refractivity contribution in [2.75, 3.05) is 0 Å². The van der Waals surface area contributed by atoms with E-state index in [0.717, 1.165) is 6.42 Å². The summed E-state index contributed by atoms with van der Waals surface area (Å²) >= 11 is 0. The van der Waals surface area contributed by atoms with Crippen molar-refractivity contribution in [2.45, 2.75) is 34.1 Å². The molecule has 0 bridgehead atoms. The molecular weight excluding hydrogens is 170 g/mol. The second-order valence-corrected chi connectivity index (χ2v) is 3.66. The molecule has 14 heavy (non-hydrogen) atoms. The lowest BCUT2D eigenvalue weighted by molar-refractivity contribution is 0.493. The van der Waals surface area contributed by atoms with E-state index >= 15 is 0 Å². The summed E-state index contributed by atoms with van der Waals surface area (Å²) < 4.78 is 0. The SMILES string of the molecule is CC.CC(C)(C#N)Cc1ccccc1. The van der Waals surface area contributed by atoms with Gasteiger partial charge in [0.1, 0.15) is 0 Å². The molecule has 1 rings (SSSR count). The molecule has 0 aromatic heterocycles. The molecule has 0 aliphatic carbocycles. The van der Waals surface area contributed by atoms with Crippen LogP contribution >= 0.6 is 0 Å². The van der Waals surface area contributed by atoms with Crippen LogP contribution in [0.4, 0.5) is 0 Å². The predicted molar refractivity (Wildman–Crippen MR) is 60.9 cm³/mol. The average molecular weight is 189 g/mol. The van der Waals surface area contributed by atoms with Gasteiger partial charge in [-0.2, -0.15) is 5.26 Å². The van der Waals surface area contributed by atoms with E-state index in [9.17, 15) is 0 Å². The van der Waals surface area contributed by atoms with Gasteiger partial charge in [0, 0.05) is 0 Å². The quantitative estimate of drug-likeness (QED) is 0.694. The van der Waals surface area contributed by atoms with Gasteiger partial charge in [-0.05, 0) is 25.8 Å². The van der Waals surface area contributed by atoms with Gasteiger partial charge in [0.2, 0.25) is 0 Å². The highest BCUT2D eigenvalue weighted by atomic mass is 14.3. The van der Waals surface area contributed by atoms with E-state index in [2.05, 4.69) is 18.2 Å². The van der Waals surface area contributed by atoms with E-state index in [4.69, 9.17) is 5.26 Å². The largest absolute Gasteiger partial charge is 0.198 e. The Kier molecular flexibility index (Phi) is 5.64. The van der Waals surface area contributed by atoms with Crippen LogP contribution in [0.5, 0.6) is 0 Å². The summed E-state index contributed by atoms with van der Waals surface area (Å²) in [6.07, 6.45) is 0.824. The highest BCUT2D eigenvalue weighted by Crippen LogP contribution is 2.19. The van der Waals surface area contributed by atoms with Crippen molar-refractivity contribution in [3.05, 3.63) is 35.9 Å². The highest BCUT2D eigenvalue weighted by molar-refractivity contribution is 5.18. The lowest BCUT2D eigenvalue weighted by Crippen LogP contribution is -2.11. The van der Waals surface area contributed by atoms with Gasteiger partial charge in [-0.3, -0.25) is 0 Å². The van der Waals surface area contributed by atoms with Crippen LogP contribution < -0.4 is 0 Å². The van der Waals surface area contributed by atoms with Crippen molar-refractivity contribution < 1.29 is 0 Å². The zero-order chi connectivity index (χ0) is 11.0. The summed E-state index contributed by atoms with van der Waals surface area (Å²) in [5.41, 5.74) is 0.977. The van der Waals surface area contributed by atoms with Crippen molar-refractivity contribution in [3.63, 3.8) is 0 Å². The molecule has 0 aliphatic rings. The molecule has 1 nitrogen and oxygen atoms in total. The summed E-state index contributed by atoms with van der Waals surface area (Å²) in [6.45, 7) is 7.92. The minimum absolute atomic E-state index is 0.249. The number of hydrogen-bond acceptors (Lipinski definition) is 1. The third-order valence-corrected chi connectivity index (χ3v) is 1.79. The van der Waals surface area contributed by atoms with Crippen molar-refractivity contribution in [1.82, 2.24) is 0 Å². The van der Waals surface area contributed by atoms with Gasteiger partial charge in [-0.1, -0.05) is 44.2 Å². The third-order valence-electron chi connectivity index (χ3n) is 1.79. The number of rotatable bonds is 2. The molecule has 76 valence electrons.